The largest absolute Gasteiger partial charge is 0.440 e. The number of benzene rings is 2. The molecule has 2 heterocycles. The van der Waals surface area contributed by atoms with Gasteiger partial charge in [-0.05, 0) is 35.4 Å². The smallest absolute Gasteiger partial charge is 0.226 e. The summed E-state index contributed by atoms with van der Waals surface area (Å²) in [6.07, 6.45) is 3.81. The lowest BCUT2D eigenvalue weighted by Gasteiger charge is -2.32. The molecule has 3 aromatic rings. The number of amides is 2. The van der Waals surface area contributed by atoms with Crippen LogP contribution in [0, 0.1) is 0 Å². The van der Waals surface area contributed by atoms with Crippen LogP contribution in [0.15, 0.2) is 53.1 Å². The minimum Gasteiger partial charge on any atom is -0.440 e. The summed E-state index contributed by atoms with van der Waals surface area (Å²) in [5, 5.41) is 2.93. The molecule has 0 spiro atoms. The first-order valence-electron chi connectivity index (χ1n) is 9.68. The van der Waals surface area contributed by atoms with Crippen molar-refractivity contribution in [2.24, 2.45) is 0 Å². The minimum atomic E-state index is -0.336. The average Bonchev–Trinajstić information content (AvgIpc) is 3.11. The van der Waals surface area contributed by atoms with E-state index in [2.05, 4.69) is 10.3 Å². The van der Waals surface area contributed by atoms with Crippen molar-refractivity contribution in [1.29, 1.82) is 0 Å². The van der Waals surface area contributed by atoms with Crippen LogP contribution in [0.1, 0.15) is 56.2 Å². The average molecular weight is 389 g/mol. The highest BCUT2D eigenvalue weighted by molar-refractivity contribution is 5.94. The van der Waals surface area contributed by atoms with E-state index in [1.165, 1.54) is 6.92 Å². The lowest BCUT2D eigenvalue weighted by Crippen LogP contribution is -2.33. The number of nitrogens with zero attached hydrogens (tertiary/aromatic N) is 2. The fraction of sp³-hybridized carbons (Fsp3) is 0.261. The molecule has 2 aromatic carbocycles. The number of oxazole rings is 1. The van der Waals surface area contributed by atoms with E-state index in [-0.39, 0.29) is 30.2 Å². The second-order valence-corrected chi connectivity index (χ2v) is 7.53. The second-order valence-electron chi connectivity index (χ2n) is 7.53. The summed E-state index contributed by atoms with van der Waals surface area (Å²) >= 11 is 0. The van der Waals surface area contributed by atoms with Gasteiger partial charge in [0, 0.05) is 24.7 Å². The summed E-state index contributed by atoms with van der Waals surface area (Å²) in [4.78, 5) is 31.0. The normalized spacial score (nSPS) is 15.6. The van der Waals surface area contributed by atoms with Crippen LogP contribution in [-0.4, -0.2) is 21.7 Å². The van der Waals surface area contributed by atoms with E-state index in [4.69, 9.17) is 4.42 Å². The molecule has 2 amide bonds. The number of rotatable bonds is 4. The number of hydrogen-bond donors (Lipinski definition) is 1. The molecule has 1 atom stereocenters. The van der Waals surface area contributed by atoms with Crippen molar-refractivity contribution < 1.29 is 14.0 Å². The molecule has 0 radical (unpaired) electrons. The van der Waals surface area contributed by atoms with Crippen LogP contribution in [0.3, 0.4) is 0 Å². The van der Waals surface area contributed by atoms with Crippen molar-refractivity contribution in [3.8, 4) is 0 Å². The minimum absolute atomic E-state index is 0.0983. The predicted molar refractivity (Wildman–Crippen MR) is 112 cm³/mol. The number of hydrogen-bond acceptors (Lipinski definition) is 4. The van der Waals surface area contributed by atoms with Crippen LogP contribution >= 0.6 is 0 Å². The Hall–Kier alpha value is -3.41. The first-order valence-corrected chi connectivity index (χ1v) is 9.68. The summed E-state index contributed by atoms with van der Waals surface area (Å²) in [5.74, 6) is 0.598. The number of fused-ring (bicyclic) bond motifs is 2. The van der Waals surface area contributed by atoms with Gasteiger partial charge in [0.1, 0.15) is 5.52 Å². The molecule has 1 N–H and O–H groups in total. The first-order chi connectivity index (χ1) is 13.9. The third-order valence-electron chi connectivity index (χ3n) is 5.03. The number of aromatic nitrogens is 1. The molecule has 148 valence electrons. The van der Waals surface area contributed by atoms with Gasteiger partial charge in [0.25, 0.3) is 0 Å². The molecular weight excluding hydrogens is 366 g/mol. The molecule has 29 heavy (non-hydrogen) atoms. The quantitative estimate of drug-likeness (QED) is 0.692. The maximum atomic E-state index is 12.8. The van der Waals surface area contributed by atoms with Gasteiger partial charge in [-0.3, -0.25) is 9.59 Å². The highest BCUT2D eigenvalue weighted by Gasteiger charge is 2.28. The second kappa shape index (κ2) is 7.54. The zero-order valence-electron chi connectivity index (χ0n) is 16.7. The predicted octanol–water partition coefficient (Wildman–Crippen LogP) is 4.85. The fourth-order valence-corrected chi connectivity index (χ4v) is 3.57. The Bertz CT molecular complexity index is 1110. The van der Waals surface area contributed by atoms with Crippen molar-refractivity contribution in [3.05, 3.63) is 65.7 Å². The van der Waals surface area contributed by atoms with E-state index in [9.17, 15) is 9.59 Å². The molecule has 0 aliphatic carbocycles. The van der Waals surface area contributed by atoms with Gasteiger partial charge in [-0.15, -0.1) is 0 Å². The van der Waals surface area contributed by atoms with Gasteiger partial charge in [0.05, 0.1) is 12.5 Å². The lowest BCUT2D eigenvalue weighted by molar-refractivity contribution is -0.129. The third-order valence-corrected chi connectivity index (χ3v) is 5.03. The van der Waals surface area contributed by atoms with Gasteiger partial charge >= 0.3 is 0 Å². The number of carbonyl (C=O) groups excluding carboxylic acids is 2. The molecular formula is C23H23N3O3. The van der Waals surface area contributed by atoms with E-state index in [0.29, 0.717) is 22.7 Å². The Morgan fingerprint density at radius 2 is 2.00 bits per heavy atom. The van der Waals surface area contributed by atoms with Gasteiger partial charge in [-0.2, -0.15) is 0 Å². The van der Waals surface area contributed by atoms with E-state index in [1.807, 2.05) is 50.3 Å². The van der Waals surface area contributed by atoms with E-state index in [1.54, 1.807) is 23.2 Å². The number of nitrogens with one attached hydrogen (secondary N) is 1. The Balaban J connectivity index is 1.54. The highest BCUT2D eigenvalue weighted by atomic mass is 16.3. The zero-order chi connectivity index (χ0) is 20.5. The molecule has 6 heteroatoms. The summed E-state index contributed by atoms with van der Waals surface area (Å²) in [5.41, 5.74) is 4.05. The first kappa shape index (κ1) is 18.9. The van der Waals surface area contributed by atoms with E-state index >= 15 is 0 Å². The Morgan fingerprint density at radius 3 is 2.76 bits per heavy atom. The Kier molecular flexibility index (Phi) is 4.92. The third kappa shape index (κ3) is 3.78. The summed E-state index contributed by atoms with van der Waals surface area (Å²) in [7, 11) is 0. The van der Waals surface area contributed by atoms with Crippen LogP contribution in [0.5, 0.6) is 0 Å². The molecule has 6 nitrogen and oxygen atoms in total. The van der Waals surface area contributed by atoms with Crippen LogP contribution < -0.4 is 5.32 Å². The van der Waals surface area contributed by atoms with Crippen molar-refractivity contribution in [2.75, 3.05) is 5.32 Å². The lowest BCUT2D eigenvalue weighted by atomic mass is 9.93. The van der Waals surface area contributed by atoms with Crippen LogP contribution in [0.2, 0.25) is 0 Å². The maximum absolute atomic E-state index is 12.8. The molecule has 4 rings (SSSR count). The summed E-state index contributed by atoms with van der Waals surface area (Å²) in [6, 6.07) is 12.9. The van der Waals surface area contributed by atoms with Crippen molar-refractivity contribution in [2.45, 2.75) is 39.2 Å². The molecule has 0 saturated heterocycles. The van der Waals surface area contributed by atoms with E-state index < -0.39 is 0 Å². The van der Waals surface area contributed by atoms with Gasteiger partial charge in [0.15, 0.2) is 11.5 Å². The molecule has 1 aromatic heterocycles. The Labute approximate surface area is 169 Å². The molecule has 1 aliphatic rings. The molecule has 1 aliphatic heterocycles. The molecule has 1 unspecified atom stereocenters. The molecule has 0 bridgehead atoms. The van der Waals surface area contributed by atoms with Crippen molar-refractivity contribution >= 4 is 34.7 Å². The van der Waals surface area contributed by atoms with Crippen molar-refractivity contribution in [3.63, 3.8) is 0 Å². The zero-order valence-corrected chi connectivity index (χ0v) is 16.7. The van der Waals surface area contributed by atoms with Crippen LogP contribution in [0.25, 0.3) is 17.2 Å². The van der Waals surface area contributed by atoms with Crippen LogP contribution in [0.4, 0.5) is 5.69 Å². The highest BCUT2D eigenvalue weighted by Crippen LogP contribution is 2.33. The SMILES string of the molecule is CC(=O)N1C=Cc2ccccc2C1CC(=O)Nc1ccc2oc(C(C)C)nc2c1. The van der Waals surface area contributed by atoms with Gasteiger partial charge in [-0.1, -0.05) is 38.1 Å². The van der Waals surface area contributed by atoms with Crippen LogP contribution in [-0.2, 0) is 9.59 Å². The summed E-state index contributed by atoms with van der Waals surface area (Å²) < 4.78 is 5.71. The van der Waals surface area contributed by atoms with Gasteiger partial charge < -0.3 is 14.6 Å². The molecule has 0 fully saturated rings. The summed E-state index contributed by atoms with van der Waals surface area (Å²) in [6.45, 7) is 5.54. The number of anilines is 1. The Morgan fingerprint density at radius 1 is 1.21 bits per heavy atom. The maximum Gasteiger partial charge on any atom is 0.226 e. The fourth-order valence-electron chi connectivity index (χ4n) is 3.57. The van der Waals surface area contributed by atoms with E-state index in [0.717, 1.165) is 11.1 Å². The van der Waals surface area contributed by atoms with Gasteiger partial charge in [0.2, 0.25) is 11.8 Å². The standard InChI is InChI=1S/C23H23N3O3/c1-14(2)23-25-19-12-17(8-9-21(19)29-23)24-22(28)13-20-18-7-5-4-6-16(18)10-11-26(20)15(3)27/h4-12,14,20H,13H2,1-3H3,(H,24,28). The van der Waals surface area contributed by atoms with Gasteiger partial charge in [-0.25, -0.2) is 4.98 Å². The van der Waals surface area contributed by atoms with Crippen molar-refractivity contribution in [1.82, 2.24) is 9.88 Å². The number of carbonyl (C=O) groups is 2. The monoisotopic (exact) mass is 389 g/mol. The molecule has 0 saturated carbocycles. The topological polar surface area (TPSA) is 75.4 Å².